The van der Waals surface area contributed by atoms with E-state index in [0.29, 0.717) is 19.8 Å². The molecule has 1 unspecified atom stereocenters. The Morgan fingerprint density at radius 1 is 1.09 bits per heavy atom. The first-order chi connectivity index (χ1) is 10.3. The second kappa shape index (κ2) is 10.5. The van der Waals surface area contributed by atoms with Gasteiger partial charge in [-0.2, -0.15) is 0 Å². The third-order valence-electron chi connectivity index (χ3n) is 3.17. The van der Waals surface area contributed by atoms with Gasteiger partial charge in [0.25, 0.3) is 5.91 Å². The van der Waals surface area contributed by atoms with Crippen LogP contribution < -0.4 is 0 Å². The highest BCUT2D eigenvalue weighted by molar-refractivity contribution is 6.08. The molecule has 0 rings (SSSR count). The quantitative estimate of drug-likeness (QED) is 0.309. The van der Waals surface area contributed by atoms with Crippen LogP contribution in [0.25, 0.3) is 0 Å². The Morgan fingerprint density at radius 3 is 2.00 bits per heavy atom. The number of nitrogens with zero attached hydrogens (tertiary/aromatic N) is 2. The molecule has 5 nitrogen and oxygen atoms in total. The predicted octanol–water partition coefficient (Wildman–Crippen LogP) is 1.56. The molecule has 0 aromatic rings. The SMILES string of the molecule is CCOC(C[SiH3])C(N=CC(C)(C)CN(C)C)(OCC)OCC. The summed E-state index contributed by atoms with van der Waals surface area (Å²) < 4.78 is 17.7. The fraction of sp³-hybridized carbons (Fsp3) is 0.938. The Morgan fingerprint density at radius 2 is 1.64 bits per heavy atom. The van der Waals surface area contributed by atoms with Crippen molar-refractivity contribution in [3.63, 3.8) is 0 Å². The summed E-state index contributed by atoms with van der Waals surface area (Å²) in [6, 6.07) is 0.916. The first kappa shape index (κ1) is 21.7. The van der Waals surface area contributed by atoms with Crippen LogP contribution in [0.4, 0.5) is 0 Å². The first-order valence-electron chi connectivity index (χ1n) is 8.37. The molecule has 22 heavy (non-hydrogen) atoms. The zero-order valence-corrected chi connectivity index (χ0v) is 17.8. The summed E-state index contributed by atoms with van der Waals surface area (Å²) in [4.78, 5) is 6.90. The van der Waals surface area contributed by atoms with Crippen molar-refractivity contribution in [1.82, 2.24) is 4.90 Å². The minimum absolute atomic E-state index is 0.0646. The molecule has 0 N–H and O–H groups in total. The van der Waals surface area contributed by atoms with Crippen molar-refractivity contribution < 1.29 is 14.2 Å². The topological polar surface area (TPSA) is 43.3 Å². The van der Waals surface area contributed by atoms with E-state index in [4.69, 9.17) is 19.2 Å². The van der Waals surface area contributed by atoms with Crippen LogP contribution in [-0.2, 0) is 14.2 Å². The molecule has 0 aliphatic carbocycles. The summed E-state index contributed by atoms with van der Waals surface area (Å²) in [6.07, 6.45) is 1.80. The van der Waals surface area contributed by atoms with E-state index in [-0.39, 0.29) is 11.5 Å². The normalized spacial score (nSPS) is 15.1. The third-order valence-corrected chi connectivity index (χ3v) is 3.91. The van der Waals surface area contributed by atoms with Gasteiger partial charge in [0.1, 0.15) is 6.10 Å². The molecule has 0 amide bonds. The van der Waals surface area contributed by atoms with Gasteiger partial charge in [-0.05, 0) is 40.9 Å². The highest BCUT2D eigenvalue weighted by Crippen LogP contribution is 2.27. The highest BCUT2D eigenvalue weighted by atomic mass is 28.1. The minimum atomic E-state index is -1.02. The van der Waals surface area contributed by atoms with Crippen LogP contribution in [0.15, 0.2) is 4.99 Å². The smallest absolute Gasteiger partial charge is 0.296 e. The molecule has 0 aliphatic heterocycles. The van der Waals surface area contributed by atoms with Crippen LogP contribution in [0.2, 0.25) is 6.04 Å². The zero-order chi connectivity index (χ0) is 17.2. The number of hydrogen-bond donors (Lipinski definition) is 0. The Bertz CT molecular complexity index is 317. The van der Waals surface area contributed by atoms with E-state index in [2.05, 4.69) is 32.8 Å². The Hall–Kier alpha value is -0.273. The average Bonchev–Trinajstić information content (AvgIpc) is 2.41. The minimum Gasteiger partial charge on any atom is -0.371 e. The fourth-order valence-electron chi connectivity index (χ4n) is 2.60. The fourth-order valence-corrected chi connectivity index (χ4v) is 3.35. The van der Waals surface area contributed by atoms with E-state index in [1.165, 1.54) is 0 Å². The van der Waals surface area contributed by atoms with Crippen LogP contribution in [0, 0.1) is 5.41 Å². The summed E-state index contributed by atoms with van der Waals surface area (Å²) in [5.41, 5.74) is -0.0646. The second-order valence-corrected chi connectivity index (χ2v) is 7.15. The Kier molecular flexibility index (Phi) is 10.4. The van der Waals surface area contributed by atoms with Crippen molar-refractivity contribution in [2.24, 2.45) is 10.4 Å². The van der Waals surface area contributed by atoms with Crippen LogP contribution in [0.1, 0.15) is 34.6 Å². The monoisotopic (exact) mass is 332 g/mol. The standard InChI is InChI=1S/C16H36N2O3Si/c1-8-19-14(11-22)16(20-9-2,21-10-3)17-12-15(4,5)13-18(6)7/h12,14H,8-11,13H2,1-7,22H3. The molecule has 0 aromatic heterocycles. The van der Waals surface area contributed by atoms with Gasteiger partial charge in [-0.25, -0.2) is 4.99 Å². The van der Waals surface area contributed by atoms with Crippen LogP contribution in [0.3, 0.4) is 0 Å². The van der Waals surface area contributed by atoms with Gasteiger partial charge in [-0.1, -0.05) is 13.8 Å². The molecule has 0 aliphatic rings. The van der Waals surface area contributed by atoms with Crippen molar-refractivity contribution in [1.29, 1.82) is 0 Å². The van der Waals surface area contributed by atoms with Crippen LogP contribution >= 0.6 is 0 Å². The maximum Gasteiger partial charge on any atom is 0.296 e. The van der Waals surface area contributed by atoms with Crippen molar-refractivity contribution in [3.8, 4) is 0 Å². The summed E-state index contributed by atoms with van der Waals surface area (Å²) >= 11 is 0. The van der Waals surface area contributed by atoms with Crippen molar-refractivity contribution in [2.45, 2.75) is 52.7 Å². The number of ether oxygens (including phenoxy) is 3. The van der Waals surface area contributed by atoms with Crippen molar-refractivity contribution in [2.75, 3.05) is 40.5 Å². The summed E-state index contributed by atoms with van der Waals surface area (Å²) in [7, 11) is 5.14. The number of rotatable bonds is 12. The third kappa shape index (κ3) is 7.33. The van der Waals surface area contributed by atoms with Gasteiger partial charge in [0.05, 0.1) is 0 Å². The van der Waals surface area contributed by atoms with E-state index in [1.807, 2.05) is 27.0 Å². The number of aliphatic imine (C=N–C) groups is 1. The highest BCUT2D eigenvalue weighted by Gasteiger charge is 2.40. The lowest BCUT2D eigenvalue weighted by atomic mass is 9.95. The van der Waals surface area contributed by atoms with Crippen LogP contribution in [-0.4, -0.2) is 73.8 Å². The van der Waals surface area contributed by atoms with Crippen molar-refractivity contribution in [3.05, 3.63) is 0 Å². The summed E-state index contributed by atoms with van der Waals surface area (Å²) in [5, 5.41) is 0. The molecular formula is C16H36N2O3Si. The molecule has 0 saturated heterocycles. The maximum absolute atomic E-state index is 5.94. The summed E-state index contributed by atoms with van der Waals surface area (Å²) in [5.74, 6) is -1.02. The van der Waals surface area contributed by atoms with Crippen molar-refractivity contribution >= 4 is 16.5 Å². The predicted molar refractivity (Wildman–Crippen MR) is 97.0 cm³/mol. The molecule has 1 atom stereocenters. The van der Waals surface area contributed by atoms with E-state index >= 15 is 0 Å². The molecule has 0 spiro atoms. The van der Waals surface area contributed by atoms with Gasteiger partial charge in [0, 0.05) is 48.2 Å². The molecule has 0 heterocycles. The molecule has 132 valence electrons. The van der Waals surface area contributed by atoms with E-state index in [1.54, 1.807) is 0 Å². The number of hydrogen-bond acceptors (Lipinski definition) is 5. The zero-order valence-electron chi connectivity index (χ0n) is 15.8. The van der Waals surface area contributed by atoms with Gasteiger partial charge in [0.2, 0.25) is 0 Å². The molecule has 0 saturated carbocycles. The van der Waals surface area contributed by atoms with Gasteiger partial charge in [-0.3, -0.25) is 0 Å². The molecule has 0 fully saturated rings. The van der Waals surface area contributed by atoms with Crippen LogP contribution in [0.5, 0.6) is 0 Å². The van der Waals surface area contributed by atoms with E-state index < -0.39 is 5.91 Å². The summed E-state index contributed by atoms with van der Waals surface area (Å²) in [6.45, 7) is 12.9. The van der Waals surface area contributed by atoms with Gasteiger partial charge >= 0.3 is 0 Å². The van der Waals surface area contributed by atoms with Gasteiger partial charge in [0.15, 0.2) is 0 Å². The molecule has 0 radical (unpaired) electrons. The lowest BCUT2D eigenvalue weighted by molar-refractivity contribution is -0.279. The first-order valence-corrected chi connectivity index (χ1v) is 9.78. The Balaban J connectivity index is 5.44. The lowest BCUT2D eigenvalue weighted by Crippen LogP contribution is -2.48. The molecule has 0 bridgehead atoms. The molecule has 6 heteroatoms. The van der Waals surface area contributed by atoms with Gasteiger partial charge < -0.3 is 19.1 Å². The molecular weight excluding hydrogens is 296 g/mol. The Labute approximate surface area is 139 Å². The van der Waals surface area contributed by atoms with E-state index in [9.17, 15) is 0 Å². The van der Waals surface area contributed by atoms with Gasteiger partial charge in [-0.15, -0.1) is 0 Å². The largest absolute Gasteiger partial charge is 0.371 e. The molecule has 0 aromatic carbocycles. The second-order valence-electron chi connectivity index (χ2n) is 6.33. The average molecular weight is 333 g/mol. The lowest BCUT2D eigenvalue weighted by Gasteiger charge is -2.36. The maximum atomic E-state index is 5.94. The van der Waals surface area contributed by atoms with E-state index in [0.717, 1.165) is 22.8 Å².